The van der Waals surface area contributed by atoms with Crippen LogP contribution in [0.5, 0.6) is 0 Å². The zero-order valence-corrected chi connectivity index (χ0v) is 28.1. The molecule has 0 aromatic carbocycles. The van der Waals surface area contributed by atoms with Crippen LogP contribution in [0.4, 0.5) is 8.78 Å². The summed E-state index contributed by atoms with van der Waals surface area (Å²) in [5, 5.41) is 77.7. The van der Waals surface area contributed by atoms with Gasteiger partial charge in [-0.25, -0.2) is 8.78 Å². The summed E-state index contributed by atoms with van der Waals surface area (Å²) >= 11 is 0. The van der Waals surface area contributed by atoms with Crippen LogP contribution >= 0.6 is 0 Å². The van der Waals surface area contributed by atoms with Gasteiger partial charge in [-0.1, -0.05) is 12.2 Å². The zero-order chi connectivity index (χ0) is 38.5. The maximum Gasteiger partial charge on any atom is 0.294 e. The lowest BCUT2D eigenvalue weighted by molar-refractivity contribution is -0.284. The number of amides is 1. The number of carbonyl (C=O) groups excluding carboxylic acids is 1. The number of hydrogen-bond acceptors (Lipinski definition) is 20. The first-order valence-electron chi connectivity index (χ1n) is 16.9. The second-order valence-electron chi connectivity index (χ2n) is 13.2. The minimum Gasteiger partial charge on any atom is -0.395 e. The number of carbonyl (C=O) groups is 1. The maximum absolute atomic E-state index is 14.0. The lowest BCUT2D eigenvalue weighted by Crippen LogP contribution is -2.67. The third-order valence-corrected chi connectivity index (χ3v) is 9.40. The van der Waals surface area contributed by atoms with Crippen LogP contribution in [0.2, 0.25) is 0 Å². The third kappa shape index (κ3) is 9.75. The molecule has 0 radical (unpaired) electrons. The van der Waals surface area contributed by atoms with Crippen LogP contribution in [0, 0.1) is 0 Å². The molecule has 1 unspecified atom stereocenters. The summed E-state index contributed by atoms with van der Waals surface area (Å²) in [5.74, 6) is -5.57. The van der Waals surface area contributed by atoms with E-state index in [1.807, 2.05) is 0 Å². The van der Waals surface area contributed by atoms with Crippen molar-refractivity contribution in [2.45, 2.75) is 123 Å². The minimum absolute atomic E-state index is 0.125. The van der Waals surface area contributed by atoms with Crippen LogP contribution in [0.25, 0.3) is 0 Å². The van der Waals surface area contributed by atoms with Gasteiger partial charge in [0.1, 0.15) is 54.9 Å². The quantitative estimate of drug-likeness (QED) is 0.0513. The number of alkyl halides is 2. The van der Waals surface area contributed by atoms with Crippen LogP contribution in [0.15, 0.2) is 12.2 Å². The van der Waals surface area contributed by atoms with Crippen LogP contribution in [-0.4, -0.2) is 197 Å². The first-order valence-corrected chi connectivity index (χ1v) is 16.9. The molecule has 3 aliphatic heterocycles. The largest absolute Gasteiger partial charge is 0.395 e. The van der Waals surface area contributed by atoms with Gasteiger partial charge in [0.25, 0.3) is 11.8 Å². The smallest absolute Gasteiger partial charge is 0.294 e. The van der Waals surface area contributed by atoms with Crippen LogP contribution in [-0.2, 0) is 33.2 Å². The summed E-state index contributed by atoms with van der Waals surface area (Å²) in [5.41, 5.74) is 29.3. The fourth-order valence-electron chi connectivity index (χ4n) is 6.36. The summed E-state index contributed by atoms with van der Waals surface area (Å²) < 4.78 is 63.3. The van der Waals surface area contributed by atoms with Crippen molar-refractivity contribution in [2.75, 3.05) is 39.4 Å². The maximum atomic E-state index is 14.0. The molecular weight excluding hydrogens is 708 g/mol. The summed E-state index contributed by atoms with van der Waals surface area (Å²) in [6.45, 7) is -1.92. The second kappa shape index (κ2) is 18.8. The summed E-state index contributed by atoms with van der Waals surface area (Å²) in [6.07, 6.45) is -18.3. The van der Waals surface area contributed by atoms with Crippen molar-refractivity contribution in [2.24, 2.45) is 28.7 Å². The Morgan fingerprint density at radius 1 is 0.865 bits per heavy atom. The number of nitrogens with two attached hydrogens (primary N) is 5. The molecule has 0 aromatic heterocycles. The van der Waals surface area contributed by atoms with Crippen molar-refractivity contribution in [3.63, 3.8) is 0 Å². The van der Waals surface area contributed by atoms with E-state index in [4.69, 9.17) is 62.2 Å². The summed E-state index contributed by atoms with van der Waals surface area (Å²) in [4.78, 5) is 12.6. The number of ether oxygens (including phenoxy) is 6. The van der Waals surface area contributed by atoms with E-state index >= 15 is 0 Å². The van der Waals surface area contributed by atoms with Gasteiger partial charge in [0.05, 0.1) is 44.0 Å². The van der Waals surface area contributed by atoms with Gasteiger partial charge < -0.3 is 103 Å². The van der Waals surface area contributed by atoms with Crippen LogP contribution < -0.4 is 39.3 Å². The monoisotopic (exact) mass is 761 g/mol. The molecule has 1 amide bonds. The van der Waals surface area contributed by atoms with E-state index < -0.39 is 135 Å². The highest BCUT2D eigenvalue weighted by atomic mass is 19.3. The Kier molecular flexibility index (Phi) is 15.5. The Balaban J connectivity index is 1.56. The lowest BCUT2D eigenvalue weighted by Gasteiger charge is -2.46. The predicted octanol–water partition coefficient (Wildman–Crippen LogP) is -8.33. The van der Waals surface area contributed by atoms with Crippen molar-refractivity contribution in [3.8, 4) is 0 Å². The number of aliphatic hydroxyl groups is 7. The van der Waals surface area contributed by atoms with Gasteiger partial charge in [0, 0.05) is 25.7 Å². The molecule has 2 saturated heterocycles. The fraction of sp³-hybridized carbons (Fsp3) is 0.897. The van der Waals surface area contributed by atoms with E-state index in [9.17, 15) is 44.2 Å². The van der Waals surface area contributed by atoms with Gasteiger partial charge >= 0.3 is 0 Å². The molecule has 1 aliphatic carbocycles. The van der Waals surface area contributed by atoms with Crippen molar-refractivity contribution in [3.05, 3.63) is 12.2 Å². The summed E-state index contributed by atoms with van der Waals surface area (Å²) in [6, 6.07) is -4.77. The van der Waals surface area contributed by atoms with Crippen molar-refractivity contribution >= 4 is 5.91 Å². The molecule has 0 aromatic rings. The van der Waals surface area contributed by atoms with E-state index in [0.717, 1.165) is 0 Å². The van der Waals surface area contributed by atoms with Gasteiger partial charge in [-0.15, -0.1) is 0 Å². The fourth-order valence-corrected chi connectivity index (χ4v) is 6.36. The van der Waals surface area contributed by atoms with Crippen molar-refractivity contribution in [1.82, 2.24) is 10.6 Å². The van der Waals surface area contributed by atoms with Crippen LogP contribution in [0.3, 0.4) is 0 Å². The first kappa shape index (κ1) is 43.0. The molecule has 302 valence electrons. The molecule has 3 heterocycles. The standard InChI is InChI=1S/C29H53F2N7O14/c30-29(31,9-33)24(45)25(46)38-13-5-12(35)21(50-26-11(34)2-1-10(47-26)7-37-3-4-39)23(17(13)41)52-28-20(44)22(15(8-40)49-28)51-27-16(36)19(43)18(42)14(6-32)48-27/h1-2,10-24,26-28,37,39-45H,3-9,32-36H2,(H,38,46)/t10-,11+,12-,13+,14-,15+,16+,17-,18+,19+,20+,21+,22+,23+,24?,26+,27+,28-/m0/s1. The minimum atomic E-state index is -4.00. The molecule has 23 heteroatoms. The number of nitrogens with one attached hydrogen (secondary N) is 2. The highest BCUT2D eigenvalue weighted by Crippen LogP contribution is 2.34. The van der Waals surface area contributed by atoms with Gasteiger partial charge in [-0.05, 0) is 6.42 Å². The van der Waals surface area contributed by atoms with E-state index in [1.54, 1.807) is 12.2 Å². The second-order valence-corrected chi connectivity index (χ2v) is 13.2. The molecule has 4 aliphatic rings. The van der Waals surface area contributed by atoms with Gasteiger partial charge in [-0.2, -0.15) is 0 Å². The molecule has 3 fully saturated rings. The Hall–Kier alpha value is -1.69. The number of hydrogen-bond donors (Lipinski definition) is 14. The van der Waals surface area contributed by atoms with E-state index in [1.165, 1.54) is 0 Å². The normalized spacial score (nSPS) is 43.4. The Bertz CT molecular complexity index is 1170. The molecule has 0 bridgehead atoms. The molecule has 4 rings (SSSR count). The van der Waals surface area contributed by atoms with E-state index in [2.05, 4.69) is 10.6 Å². The average Bonchev–Trinajstić information content (AvgIpc) is 3.42. The molecule has 21 nitrogen and oxygen atoms in total. The Morgan fingerprint density at radius 3 is 2.15 bits per heavy atom. The van der Waals surface area contributed by atoms with E-state index in [0.29, 0.717) is 0 Å². The Labute approximate surface area is 297 Å². The first-order chi connectivity index (χ1) is 24.6. The molecular formula is C29H53F2N7O14. The molecule has 52 heavy (non-hydrogen) atoms. The Morgan fingerprint density at radius 2 is 1.52 bits per heavy atom. The zero-order valence-electron chi connectivity index (χ0n) is 28.1. The van der Waals surface area contributed by atoms with Crippen molar-refractivity contribution in [1.29, 1.82) is 0 Å². The highest BCUT2D eigenvalue weighted by Gasteiger charge is 2.54. The highest BCUT2D eigenvalue weighted by molar-refractivity contribution is 5.82. The number of halogens is 2. The average molecular weight is 762 g/mol. The number of aliphatic hydroxyl groups excluding tert-OH is 7. The van der Waals surface area contributed by atoms with Crippen LogP contribution in [0.1, 0.15) is 6.42 Å². The summed E-state index contributed by atoms with van der Waals surface area (Å²) in [7, 11) is 0. The molecule has 0 spiro atoms. The molecule has 19 N–H and O–H groups in total. The van der Waals surface area contributed by atoms with Gasteiger partial charge in [-0.3, -0.25) is 4.79 Å². The van der Waals surface area contributed by atoms with E-state index in [-0.39, 0.29) is 32.7 Å². The lowest BCUT2D eigenvalue weighted by atomic mass is 9.83. The topological polar surface area (TPSA) is 368 Å². The predicted molar refractivity (Wildman–Crippen MR) is 170 cm³/mol. The van der Waals surface area contributed by atoms with Crippen molar-refractivity contribution < 1.29 is 77.7 Å². The molecule has 18 atom stereocenters. The SMILES string of the molecule is NC[C@@H]1O[C@H](O[C@H]2[C@@H](O)[C@H](O[C@@H]3[C@@H](O)[C@H](NC(=O)C(O)C(F)(F)CN)C[C@H](N)[C@H]3O[C@H]3O[C@H](CNCCO)C=C[C@H]3N)O[C@@H]2CO)[C@H](N)[C@@H](O)[C@@H]1O. The van der Waals surface area contributed by atoms with Gasteiger partial charge in [0.15, 0.2) is 25.0 Å². The number of rotatable bonds is 16. The third-order valence-electron chi connectivity index (χ3n) is 9.40. The molecule has 1 saturated carbocycles. The van der Waals surface area contributed by atoms with Gasteiger partial charge in [0.2, 0.25) is 0 Å².